The molecule has 1 N–H and O–H groups in total. The normalized spacial score (nSPS) is 46.2. The minimum absolute atomic E-state index is 0.0733. The van der Waals surface area contributed by atoms with E-state index < -0.39 is 17.0 Å². The van der Waals surface area contributed by atoms with Gasteiger partial charge in [0.25, 0.3) is 0 Å². The van der Waals surface area contributed by atoms with Crippen molar-refractivity contribution in [2.24, 2.45) is 34.5 Å². The zero-order valence-electron chi connectivity index (χ0n) is 18.1. The summed E-state index contributed by atoms with van der Waals surface area (Å²) in [6.07, 6.45) is 8.13. The van der Waals surface area contributed by atoms with Gasteiger partial charge in [0.1, 0.15) is 11.4 Å². The molecule has 3 fully saturated rings. The third-order valence-electron chi connectivity index (χ3n) is 9.26. The number of esters is 1. The topological polar surface area (TPSA) is 80.7 Å². The van der Waals surface area contributed by atoms with Gasteiger partial charge in [-0.3, -0.25) is 14.4 Å². The summed E-state index contributed by atoms with van der Waals surface area (Å²) in [5.74, 6) is 0.376. The first kappa shape index (κ1) is 20.8. The lowest BCUT2D eigenvalue weighted by Gasteiger charge is -2.56. The van der Waals surface area contributed by atoms with Crippen LogP contribution < -0.4 is 0 Å². The number of rotatable bonds is 3. The van der Waals surface area contributed by atoms with Gasteiger partial charge in [0, 0.05) is 25.2 Å². The number of Topliss-reactive ketones (excluding diaryl/α,β-unsaturated/α-hetero) is 2. The van der Waals surface area contributed by atoms with Crippen molar-refractivity contribution >= 4 is 17.5 Å². The Balaban J connectivity index is 1.67. The molecule has 29 heavy (non-hydrogen) atoms. The minimum atomic E-state index is -1.48. The fourth-order valence-corrected chi connectivity index (χ4v) is 7.53. The van der Waals surface area contributed by atoms with E-state index in [0.717, 1.165) is 25.7 Å². The molecule has 0 bridgehead atoms. The van der Waals surface area contributed by atoms with Crippen molar-refractivity contribution in [3.63, 3.8) is 0 Å². The molecule has 4 rings (SSSR count). The lowest BCUT2D eigenvalue weighted by molar-refractivity contribution is -0.167. The molecule has 0 aliphatic heterocycles. The Morgan fingerprint density at radius 3 is 2.69 bits per heavy atom. The molecule has 160 valence electrons. The van der Waals surface area contributed by atoms with Crippen LogP contribution in [0.3, 0.4) is 0 Å². The molecular formula is C24H34O5. The highest BCUT2D eigenvalue weighted by molar-refractivity contribution is 5.91. The van der Waals surface area contributed by atoms with Gasteiger partial charge in [-0.2, -0.15) is 0 Å². The summed E-state index contributed by atoms with van der Waals surface area (Å²) < 4.78 is 4.96. The van der Waals surface area contributed by atoms with Crippen LogP contribution in [0.2, 0.25) is 0 Å². The van der Waals surface area contributed by atoms with Gasteiger partial charge < -0.3 is 9.84 Å². The van der Waals surface area contributed by atoms with Crippen molar-refractivity contribution in [3.05, 3.63) is 11.6 Å². The predicted octanol–water partition coefficient (Wildman–Crippen LogP) is 3.63. The van der Waals surface area contributed by atoms with E-state index >= 15 is 0 Å². The van der Waals surface area contributed by atoms with Gasteiger partial charge in [0.05, 0.1) is 0 Å². The summed E-state index contributed by atoms with van der Waals surface area (Å²) >= 11 is 0. The Morgan fingerprint density at radius 2 is 2.00 bits per heavy atom. The maximum Gasteiger partial charge on any atom is 0.303 e. The second-order valence-corrected chi connectivity index (χ2v) is 10.5. The van der Waals surface area contributed by atoms with Gasteiger partial charge in [-0.25, -0.2) is 0 Å². The van der Waals surface area contributed by atoms with Crippen LogP contribution in [0.1, 0.15) is 72.6 Å². The lowest BCUT2D eigenvalue weighted by atomic mass is 9.48. The van der Waals surface area contributed by atoms with Gasteiger partial charge in [-0.15, -0.1) is 0 Å². The van der Waals surface area contributed by atoms with Crippen LogP contribution in [-0.2, 0) is 19.1 Å². The van der Waals surface area contributed by atoms with Crippen molar-refractivity contribution in [1.29, 1.82) is 0 Å². The largest absolute Gasteiger partial charge is 0.458 e. The number of hydrogen-bond donors (Lipinski definition) is 1. The van der Waals surface area contributed by atoms with Crippen LogP contribution in [0.15, 0.2) is 11.6 Å². The number of carbonyl (C=O) groups is 3. The highest BCUT2D eigenvalue weighted by Crippen LogP contribution is 2.67. The first-order valence-electron chi connectivity index (χ1n) is 11.2. The van der Waals surface area contributed by atoms with E-state index in [-0.39, 0.29) is 29.6 Å². The van der Waals surface area contributed by atoms with Crippen molar-refractivity contribution in [1.82, 2.24) is 0 Å². The Kier molecular flexibility index (Phi) is 4.84. The molecule has 3 saturated carbocycles. The molecular weight excluding hydrogens is 368 g/mol. The molecule has 0 heterocycles. The summed E-state index contributed by atoms with van der Waals surface area (Å²) in [5, 5.41) is 11.7. The van der Waals surface area contributed by atoms with Crippen LogP contribution in [0.25, 0.3) is 0 Å². The molecule has 0 aromatic carbocycles. The summed E-state index contributed by atoms with van der Waals surface area (Å²) in [5.41, 5.74) is -0.474. The van der Waals surface area contributed by atoms with E-state index in [0.29, 0.717) is 36.9 Å². The first-order valence-corrected chi connectivity index (χ1v) is 11.2. The quantitative estimate of drug-likeness (QED) is 0.576. The SMILES string of the molecule is CC(=O)OCC(=O)[C@@]1(O)[C@@H](C)C[C@H]2[C@@H]3CC[C@H]4CC(=O)CC[C@]4(C)C3=CC[C@@]21C. The van der Waals surface area contributed by atoms with Crippen molar-refractivity contribution in [2.75, 3.05) is 6.61 Å². The number of fused-ring (bicyclic) bond motifs is 5. The van der Waals surface area contributed by atoms with E-state index in [2.05, 4.69) is 19.9 Å². The van der Waals surface area contributed by atoms with Crippen LogP contribution in [0.4, 0.5) is 0 Å². The summed E-state index contributed by atoms with van der Waals surface area (Å²) in [6.45, 7) is 7.27. The zero-order valence-corrected chi connectivity index (χ0v) is 18.1. The Hall–Kier alpha value is -1.49. The Labute approximate surface area is 173 Å². The second-order valence-electron chi connectivity index (χ2n) is 10.5. The fraction of sp³-hybridized carbons (Fsp3) is 0.792. The predicted molar refractivity (Wildman–Crippen MR) is 108 cm³/mol. The number of ether oxygens (including phenoxy) is 1. The number of allylic oxidation sites excluding steroid dienone is 2. The monoisotopic (exact) mass is 402 g/mol. The minimum Gasteiger partial charge on any atom is -0.458 e. The Bertz CT molecular complexity index is 784. The van der Waals surface area contributed by atoms with Gasteiger partial charge in [0.2, 0.25) is 5.78 Å². The molecule has 4 aliphatic carbocycles. The summed E-state index contributed by atoms with van der Waals surface area (Å²) in [6, 6.07) is 0. The highest BCUT2D eigenvalue weighted by Gasteiger charge is 2.67. The van der Waals surface area contributed by atoms with E-state index in [1.807, 2.05) is 6.92 Å². The molecule has 5 heteroatoms. The third kappa shape index (κ3) is 2.79. The van der Waals surface area contributed by atoms with Crippen molar-refractivity contribution in [3.8, 4) is 0 Å². The summed E-state index contributed by atoms with van der Waals surface area (Å²) in [7, 11) is 0. The van der Waals surface area contributed by atoms with E-state index in [9.17, 15) is 19.5 Å². The Morgan fingerprint density at radius 1 is 1.28 bits per heavy atom. The van der Waals surface area contributed by atoms with E-state index in [1.165, 1.54) is 12.5 Å². The van der Waals surface area contributed by atoms with E-state index in [4.69, 9.17) is 4.74 Å². The molecule has 0 radical (unpaired) electrons. The third-order valence-corrected chi connectivity index (χ3v) is 9.26. The molecule has 0 amide bonds. The number of ketones is 2. The number of hydrogen-bond acceptors (Lipinski definition) is 5. The highest BCUT2D eigenvalue weighted by atomic mass is 16.5. The average Bonchev–Trinajstić information content (AvgIpc) is 2.88. The maximum absolute atomic E-state index is 13.0. The van der Waals surface area contributed by atoms with E-state index in [1.54, 1.807) is 0 Å². The van der Waals surface area contributed by atoms with Gasteiger partial charge in [0.15, 0.2) is 6.61 Å². The van der Waals surface area contributed by atoms with Gasteiger partial charge in [-0.05, 0) is 61.2 Å². The fourth-order valence-electron chi connectivity index (χ4n) is 7.53. The molecule has 0 aromatic rings. The molecule has 0 saturated heterocycles. The molecule has 0 aromatic heterocycles. The number of carbonyl (C=O) groups excluding carboxylic acids is 3. The van der Waals surface area contributed by atoms with Crippen LogP contribution in [0, 0.1) is 34.5 Å². The van der Waals surface area contributed by atoms with Gasteiger partial charge in [-0.1, -0.05) is 32.4 Å². The molecule has 0 spiro atoms. The van der Waals surface area contributed by atoms with Crippen molar-refractivity contribution < 1.29 is 24.2 Å². The second kappa shape index (κ2) is 6.76. The molecule has 0 unspecified atom stereocenters. The van der Waals surface area contributed by atoms with Crippen molar-refractivity contribution in [2.45, 2.75) is 78.2 Å². The van der Waals surface area contributed by atoms with Crippen LogP contribution >= 0.6 is 0 Å². The van der Waals surface area contributed by atoms with Crippen LogP contribution in [0.5, 0.6) is 0 Å². The molecule has 5 nitrogen and oxygen atoms in total. The smallest absolute Gasteiger partial charge is 0.303 e. The number of aliphatic hydroxyl groups is 1. The average molecular weight is 403 g/mol. The zero-order chi connectivity index (χ0) is 21.2. The lowest BCUT2D eigenvalue weighted by Crippen LogP contribution is -2.58. The maximum atomic E-state index is 13.0. The first-order chi connectivity index (χ1) is 13.5. The van der Waals surface area contributed by atoms with Gasteiger partial charge >= 0.3 is 5.97 Å². The standard InChI is InChI=1S/C24H34O5/c1-14-11-20-18-6-5-16-12-17(26)7-9-22(16,3)19(18)8-10-23(20,4)24(14,28)21(27)13-29-15(2)25/h8,14,16,18,20,28H,5-7,9-13H2,1-4H3/t14-,16-,18+,20-,22-,23-,24-/m0/s1. The van der Waals surface area contributed by atoms with Crippen LogP contribution in [-0.4, -0.2) is 34.9 Å². The molecule has 7 atom stereocenters. The molecule has 4 aliphatic rings. The summed E-state index contributed by atoms with van der Waals surface area (Å²) in [4.78, 5) is 36.3.